The Hall–Kier alpha value is -1.36. The molecule has 0 spiro atoms. The lowest BCUT2D eigenvalue weighted by molar-refractivity contribution is -0.351. The lowest BCUT2D eigenvalue weighted by Crippen LogP contribution is -2.64. The zero-order valence-corrected chi connectivity index (χ0v) is 70.2. The molecule has 0 radical (unpaired) electrons. The van der Waals surface area contributed by atoms with Gasteiger partial charge in [0.2, 0.25) is 0 Å². The SMILES string of the molecule is CO[C@H]1OC(CO)C(O[C@H]2OC(CNC(=S)NCCN(CCNC(=S)NCC3O[C@H](OC4C(CO)O[C@H](OC)C(O)[C@H]4O)C(O)[C@@H](O)C3C)CCNC(=S)NC(COCCCS[C@H]3OC(CO)[C@@H](O)[C@H](O)C3O)(COCCCS[C@@H]3OC(CO)[C@@H](O)[C@H](O)C3O)COCCCS[C@@H]3OC(CO)[C@@H](O)[C@H](O)C3O)C(C)[C@H](O)C2O)[C@H](O)C1O. The highest BCUT2D eigenvalue weighted by Gasteiger charge is 2.54. The molecule has 7 saturated heterocycles. The molecule has 7 aliphatic rings. The van der Waals surface area contributed by atoms with Crippen molar-refractivity contribution >= 4 is 87.3 Å². The van der Waals surface area contributed by atoms with Gasteiger partial charge < -0.3 is 211 Å². The molecule has 0 aromatic rings. The van der Waals surface area contributed by atoms with Crippen LogP contribution in [0, 0.1) is 11.8 Å². The second kappa shape index (κ2) is 51.4. The van der Waals surface area contributed by atoms with Gasteiger partial charge in [0.1, 0.15) is 156 Å². The molecule has 684 valence electrons. The van der Waals surface area contributed by atoms with E-state index in [0.29, 0.717) is 49.6 Å². The summed E-state index contributed by atoms with van der Waals surface area (Å²) in [4.78, 5) is 2.01. The van der Waals surface area contributed by atoms with Gasteiger partial charge in [-0.05, 0) is 73.2 Å². The fourth-order valence-electron chi connectivity index (χ4n) is 13.8. The summed E-state index contributed by atoms with van der Waals surface area (Å²) in [5, 5.41) is 251. The number of nitrogens with zero attached hydrogens (tertiary/aromatic N) is 1. The number of ether oxygens (including phenoxy) is 14. The molecule has 7 heterocycles. The van der Waals surface area contributed by atoms with Crippen LogP contribution in [0.2, 0.25) is 0 Å². The van der Waals surface area contributed by atoms with E-state index in [4.69, 9.17) is 103 Å². The van der Waals surface area contributed by atoms with Gasteiger partial charge in [0, 0.05) is 98.2 Å². The fraction of sp³-hybridized carbons (Fsp3) is 0.956. The van der Waals surface area contributed by atoms with Gasteiger partial charge in [0.25, 0.3) is 0 Å². The predicted octanol–water partition coefficient (Wildman–Crippen LogP) is -12.7. The molecule has 43 nitrogen and oxygen atoms in total. The summed E-state index contributed by atoms with van der Waals surface area (Å²) in [5.41, 5.74) is -4.31. The Bertz CT molecular complexity index is 2630. The average Bonchev–Trinajstić information content (AvgIpc) is 0.787. The number of thioether (sulfide) groups is 3. The smallest absolute Gasteiger partial charge is 0.186 e. The van der Waals surface area contributed by atoms with Crippen LogP contribution in [0.15, 0.2) is 0 Å². The van der Waals surface area contributed by atoms with Crippen LogP contribution in [-0.2, 0) is 66.3 Å². The number of aliphatic hydroxyl groups is 22. The molecule has 18 unspecified atom stereocenters. The minimum absolute atomic E-state index is 0.0346. The van der Waals surface area contributed by atoms with Gasteiger partial charge in [-0.3, -0.25) is 4.90 Å². The summed E-state index contributed by atoms with van der Waals surface area (Å²) >= 11 is 20.9. The number of hydrogen-bond acceptors (Lipinski definition) is 43. The topological polar surface area (TPSA) is 650 Å². The first kappa shape index (κ1) is 103. The van der Waals surface area contributed by atoms with E-state index in [9.17, 15) is 112 Å². The zero-order chi connectivity index (χ0) is 86.0. The van der Waals surface area contributed by atoms with Gasteiger partial charge in [-0.15, -0.1) is 35.3 Å². The number of methoxy groups -OCH3 is 2. The first-order valence-corrected chi connectivity index (χ1v) is 43.2. The lowest BCUT2D eigenvalue weighted by Gasteiger charge is -2.46. The van der Waals surface area contributed by atoms with Crippen molar-refractivity contribution in [2.75, 3.05) is 157 Å². The third kappa shape index (κ3) is 29.1. The molecule has 0 aromatic heterocycles. The summed E-state index contributed by atoms with van der Waals surface area (Å²) in [6, 6.07) is 0. The maximum absolute atomic E-state index is 11.2. The zero-order valence-electron chi connectivity index (χ0n) is 65.3. The average molecular weight is 1810 g/mol. The molecule has 7 aliphatic heterocycles. The van der Waals surface area contributed by atoms with Crippen LogP contribution in [0.5, 0.6) is 0 Å². The quantitative estimate of drug-likeness (QED) is 0.0199. The maximum Gasteiger partial charge on any atom is 0.186 e. The van der Waals surface area contributed by atoms with Crippen molar-refractivity contribution < 1.29 is 179 Å². The Morgan fingerprint density at radius 3 is 0.957 bits per heavy atom. The number of hydrogen-bond donors (Lipinski definition) is 28. The molecule has 117 heavy (non-hydrogen) atoms. The van der Waals surface area contributed by atoms with Gasteiger partial charge >= 0.3 is 0 Å². The van der Waals surface area contributed by atoms with E-state index in [0.717, 1.165) is 35.3 Å². The van der Waals surface area contributed by atoms with Crippen LogP contribution >= 0.6 is 71.9 Å². The molecule has 28 N–H and O–H groups in total. The van der Waals surface area contributed by atoms with Gasteiger partial charge in [-0.25, -0.2) is 0 Å². The summed E-state index contributed by atoms with van der Waals surface area (Å²) in [7, 11) is 2.47. The van der Waals surface area contributed by atoms with Gasteiger partial charge in [-0.1, -0.05) is 13.8 Å². The van der Waals surface area contributed by atoms with E-state index in [1.807, 2.05) is 4.90 Å². The fourth-order valence-corrected chi connectivity index (χ4v) is 17.8. The van der Waals surface area contributed by atoms with Gasteiger partial charge in [0.15, 0.2) is 40.5 Å². The lowest BCUT2D eigenvalue weighted by atomic mass is 9.90. The summed E-state index contributed by atoms with van der Waals surface area (Å²) in [5.74, 6) is -0.482. The Balaban J connectivity index is 1.04. The summed E-state index contributed by atoms with van der Waals surface area (Å²) < 4.78 is 81.4. The molecular weight excluding hydrogens is 1680 g/mol. The molecule has 0 aromatic carbocycles. The molecule has 7 fully saturated rings. The van der Waals surface area contributed by atoms with E-state index in [2.05, 4.69) is 31.9 Å². The monoisotopic (exact) mass is 1810 g/mol. The number of rotatable bonds is 46. The molecule has 35 atom stereocenters. The third-order valence-corrected chi connectivity index (χ3v) is 25.6. The van der Waals surface area contributed by atoms with Crippen molar-refractivity contribution in [2.24, 2.45) is 11.8 Å². The first-order chi connectivity index (χ1) is 55.8. The number of aliphatic hydroxyl groups excluding tert-OH is 22. The van der Waals surface area contributed by atoms with Crippen LogP contribution in [0.3, 0.4) is 0 Å². The highest BCUT2D eigenvalue weighted by molar-refractivity contribution is 8.00. The number of nitrogens with one attached hydrogen (secondary N) is 6. The van der Waals surface area contributed by atoms with Crippen LogP contribution in [0.4, 0.5) is 0 Å². The Morgan fingerprint density at radius 1 is 0.350 bits per heavy atom. The molecule has 0 saturated carbocycles. The van der Waals surface area contributed by atoms with Gasteiger partial charge in [-0.2, -0.15) is 0 Å². The van der Waals surface area contributed by atoms with E-state index in [1.165, 1.54) is 14.2 Å². The second-order valence-electron chi connectivity index (χ2n) is 29.6. The second-order valence-corrected chi connectivity index (χ2v) is 34.4. The van der Waals surface area contributed by atoms with E-state index < -0.39 is 251 Å². The Morgan fingerprint density at radius 2 is 0.650 bits per heavy atom. The molecule has 49 heteroatoms. The van der Waals surface area contributed by atoms with E-state index in [1.54, 1.807) is 13.8 Å². The van der Waals surface area contributed by atoms with Crippen LogP contribution < -0.4 is 31.9 Å². The third-order valence-electron chi connectivity index (χ3n) is 21.1. The minimum Gasteiger partial charge on any atom is -0.394 e. The molecular formula is C68H125N7O36S6. The van der Waals surface area contributed by atoms with Crippen molar-refractivity contribution in [3.63, 3.8) is 0 Å². The Labute approximate surface area is 706 Å². The highest BCUT2D eigenvalue weighted by atomic mass is 32.2. The predicted molar refractivity (Wildman–Crippen MR) is 424 cm³/mol. The summed E-state index contributed by atoms with van der Waals surface area (Å²) in [6.45, 7) is 1.34. The van der Waals surface area contributed by atoms with E-state index in [-0.39, 0.29) is 94.2 Å². The van der Waals surface area contributed by atoms with E-state index >= 15 is 0 Å². The van der Waals surface area contributed by atoms with Crippen molar-refractivity contribution in [2.45, 2.75) is 239 Å². The largest absolute Gasteiger partial charge is 0.394 e. The van der Waals surface area contributed by atoms with Crippen molar-refractivity contribution in [1.29, 1.82) is 0 Å². The normalized spacial score (nSPS) is 40.0. The van der Waals surface area contributed by atoms with Crippen molar-refractivity contribution in [3.8, 4) is 0 Å². The van der Waals surface area contributed by atoms with Gasteiger partial charge in [0.05, 0.1) is 77.3 Å². The first-order valence-electron chi connectivity index (χ1n) is 38.8. The molecule has 0 bridgehead atoms. The van der Waals surface area contributed by atoms with Crippen LogP contribution in [0.25, 0.3) is 0 Å². The Kier molecular flexibility index (Phi) is 45.2. The minimum atomic E-state index is -1.66. The molecule has 7 rings (SSSR count). The molecule has 0 amide bonds. The van der Waals surface area contributed by atoms with Crippen LogP contribution in [-0.4, -0.2) is 495 Å². The maximum atomic E-state index is 11.2. The standard InChI is InChI=1S/C68H125N7O36S6/c1-30-32(103-60(49(91)39(30)81)110-56-37(25-79)105-58(98-3)51(93)47(56)89)20-72-65(112)69-8-11-75(12-9-70-66(113)73-21-33-31(2)40(82)50(92)61(104-33)111-57-38(26-80)106-59(99-4)52(94)48(57)90)13-10-71-67(114)74-68(27-100-14-5-17-115-62-53(95)44(86)41(83)34(22-76)107-62,28-101-15-6-18-116-63-54(96)45(87)42(84)35(23-77)108-63)29-102-16-7-19-117-64-55(97)46(88)43(85)36(24-78)109-64/h30-64,76-97H,5-29H2,1-4H3,(H2,69,72,112)(H2,70,73,113)(H2,71,74,114)/t30?,31?,32?,33?,34?,35?,36?,37?,38?,39-,40-,41+,42+,43+,44-,45-,46-,47+,48+,49?,50?,51?,52?,53?,54?,55?,56?,57?,58-,59-,60+,61+,62-,63-,64+,68?/m0/s1. The molecule has 0 aliphatic carbocycles. The highest BCUT2D eigenvalue weighted by Crippen LogP contribution is 2.36. The van der Waals surface area contributed by atoms with Crippen LogP contribution in [0.1, 0.15) is 33.1 Å². The van der Waals surface area contributed by atoms with Crippen molar-refractivity contribution in [3.05, 3.63) is 0 Å². The summed E-state index contributed by atoms with van der Waals surface area (Å²) in [6.07, 6.45) is -41.6. The van der Waals surface area contributed by atoms with Crippen molar-refractivity contribution in [1.82, 2.24) is 36.8 Å². The number of thiocarbonyl (C=S) groups is 3.